The van der Waals surface area contributed by atoms with Gasteiger partial charge in [0.1, 0.15) is 0 Å². The fraction of sp³-hybridized carbons (Fsp3) is 0.400. The van der Waals surface area contributed by atoms with Gasteiger partial charge in [-0.3, -0.25) is 0 Å². The quantitative estimate of drug-likeness (QED) is 0.754. The number of hydrogen-bond donors (Lipinski definition) is 0. The molecule has 126 valence electrons. The molecule has 1 saturated heterocycles. The second kappa shape index (κ2) is 6.71. The predicted octanol–water partition coefficient (Wildman–Crippen LogP) is 4.58. The van der Waals surface area contributed by atoms with Gasteiger partial charge in [0.2, 0.25) is 0 Å². The van der Waals surface area contributed by atoms with Gasteiger partial charge in [-0.1, -0.05) is 60.7 Å². The molecule has 0 saturated carbocycles. The molecule has 4 heteroatoms. The van der Waals surface area contributed by atoms with Crippen LogP contribution in [0.4, 0.5) is 0 Å². The van der Waals surface area contributed by atoms with Gasteiger partial charge in [0.15, 0.2) is 0 Å². The molecule has 0 bridgehead atoms. The average Bonchev–Trinajstić information content (AvgIpc) is 2.75. The first kappa shape index (κ1) is 17.2. The second-order valence-electron chi connectivity index (χ2n) is 7.27. The van der Waals surface area contributed by atoms with Crippen LogP contribution in [0.5, 0.6) is 0 Å². The zero-order chi connectivity index (χ0) is 17.2. The highest BCUT2D eigenvalue weighted by molar-refractivity contribution is 6.37. The normalized spacial score (nSPS) is 20.1. The number of rotatable bonds is 5. The van der Waals surface area contributed by atoms with E-state index >= 15 is 0 Å². The Hall–Kier alpha value is -1.62. The number of hydrogen-bond acceptors (Lipinski definition) is 3. The van der Waals surface area contributed by atoms with E-state index in [4.69, 9.17) is 14.0 Å². The van der Waals surface area contributed by atoms with E-state index in [0.29, 0.717) is 0 Å². The van der Waals surface area contributed by atoms with E-state index in [0.717, 1.165) is 12.0 Å². The predicted molar refractivity (Wildman–Crippen MR) is 96.5 cm³/mol. The van der Waals surface area contributed by atoms with Gasteiger partial charge in [0.25, 0.3) is 0 Å². The topological polar surface area (TPSA) is 27.7 Å². The molecule has 1 atom stereocenters. The molecule has 2 aromatic carbocycles. The van der Waals surface area contributed by atoms with Crippen LogP contribution in [-0.4, -0.2) is 18.5 Å². The minimum absolute atomic E-state index is 0.122. The fourth-order valence-electron chi connectivity index (χ4n) is 2.72. The lowest BCUT2D eigenvalue weighted by Gasteiger charge is -2.31. The summed E-state index contributed by atoms with van der Waals surface area (Å²) >= 11 is 0. The van der Waals surface area contributed by atoms with Crippen LogP contribution >= 0.6 is 0 Å². The third kappa shape index (κ3) is 3.72. The molecule has 1 aliphatic rings. The standard InChI is InChI=1S/C20H25BO3/c1-19(2)20(3,4)24-21(23-19)22-18(17-13-9-6-10-14-17)15-16-11-7-5-8-12-16/h5-14,18H,15H2,1-4H3/t18-/m0/s1. The highest BCUT2D eigenvalue weighted by Gasteiger charge is 2.53. The molecular formula is C20H25BO3. The Balaban J connectivity index is 1.79. The third-order valence-corrected chi connectivity index (χ3v) is 4.94. The lowest BCUT2D eigenvalue weighted by atomic mass is 9.90. The summed E-state index contributed by atoms with van der Waals surface area (Å²) in [5, 5.41) is 0. The maximum Gasteiger partial charge on any atom is 0.640 e. The van der Waals surface area contributed by atoms with Crippen LogP contribution in [0.1, 0.15) is 44.9 Å². The maximum atomic E-state index is 6.23. The first-order chi connectivity index (χ1) is 11.4. The molecule has 2 aromatic rings. The van der Waals surface area contributed by atoms with E-state index in [2.05, 4.69) is 24.3 Å². The van der Waals surface area contributed by atoms with Crippen LogP contribution in [0.15, 0.2) is 60.7 Å². The summed E-state index contributed by atoms with van der Waals surface area (Å²) in [6.07, 6.45) is 0.651. The summed E-state index contributed by atoms with van der Waals surface area (Å²) in [5.41, 5.74) is 1.55. The van der Waals surface area contributed by atoms with Gasteiger partial charge in [0, 0.05) is 6.42 Å². The second-order valence-corrected chi connectivity index (χ2v) is 7.27. The molecule has 1 aliphatic heterocycles. The largest absolute Gasteiger partial charge is 0.640 e. The summed E-state index contributed by atoms with van der Waals surface area (Å²) in [6, 6.07) is 20.6. The van der Waals surface area contributed by atoms with Crippen LogP contribution in [0.3, 0.4) is 0 Å². The maximum absolute atomic E-state index is 6.23. The van der Waals surface area contributed by atoms with Crippen molar-refractivity contribution in [3.05, 3.63) is 71.8 Å². The Kier molecular flexibility index (Phi) is 4.82. The Bertz CT molecular complexity index is 639. The van der Waals surface area contributed by atoms with Crippen molar-refractivity contribution >= 4 is 7.32 Å². The van der Waals surface area contributed by atoms with E-state index in [1.807, 2.05) is 64.1 Å². The molecule has 0 amide bonds. The molecule has 0 N–H and O–H groups in total. The lowest BCUT2D eigenvalue weighted by molar-refractivity contribution is 0.00578. The van der Waals surface area contributed by atoms with Gasteiger partial charge < -0.3 is 14.0 Å². The van der Waals surface area contributed by atoms with E-state index in [-0.39, 0.29) is 6.10 Å². The first-order valence-corrected chi connectivity index (χ1v) is 8.47. The fourth-order valence-corrected chi connectivity index (χ4v) is 2.72. The number of benzene rings is 2. The van der Waals surface area contributed by atoms with Gasteiger partial charge in [-0.2, -0.15) is 0 Å². The lowest BCUT2D eigenvalue weighted by Crippen LogP contribution is -2.41. The van der Waals surface area contributed by atoms with Gasteiger partial charge in [-0.15, -0.1) is 0 Å². The molecule has 3 nitrogen and oxygen atoms in total. The van der Waals surface area contributed by atoms with Crippen molar-refractivity contribution in [3.8, 4) is 0 Å². The molecule has 0 spiro atoms. The van der Waals surface area contributed by atoms with E-state index < -0.39 is 18.5 Å². The Morgan fingerprint density at radius 2 is 1.33 bits per heavy atom. The van der Waals surface area contributed by atoms with E-state index in [9.17, 15) is 0 Å². The molecule has 0 aliphatic carbocycles. The molecule has 3 rings (SSSR count). The van der Waals surface area contributed by atoms with Crippen LogP contribution in [0.25, 0.3) is 0 Å². The average molecular weight is 324 g/mol. The summed E-state index contributed by atoms with van der Waals surface area (Å²) in [7, 11) is -0.663. The minimum Gasteiger partial charge on any atom is -0.379 e. The SMILES string of the molecule is CC1(C)OB(O[C@@H](Cc2ccccc2)c2ccccc2)OC1(C)C. The van der Waals surface area contributed by atoms with Crippen molar-refractivity contribution in [2.45, 2.75) is 51.4 Å². The van der Waals surface area contributed by atoms with Crippen LogP contribution < -0.4 is 0 Å². The molecular weight excluding hydrogens is 299 g/mol. The molecule has 0 unspecified atom stereocenters. The summed E-state index contributed by atoms with van der Waals surface area (Å²) in [4.78, 5) is 0. The first-order valence-electron chi connectivity index (χ1n) is 8.47. The van der Waals surface area contributed by atoms with Crippen LogP contribution in [0, 0.1) is 0 Å². The summed E-state index contributed by atoms with van der Waals surface area (Å²) in [6.45, 7) is 8.13. The monoisotopic (exact) mass is 324 g/mol. The van der Waals surface area contributed by atoms with E-state index in [1.54, 1.807) is 0 Å². The minimum atomic E-state index is -0.663. The van der Waals surface area contributed by atoms with Crippen molar-refractivity contribution in [3.63, 3.8) is 0 Å². The zero-order valence-corrected chi connectivity index (χ0v) is 14.9. The Morgan fingerprint density at radius 1 is 0.833 bits per heavy atom. The molecule has 1 fully saturated rings. The van der Waals surface area contributed by atoms with Crippen molar-refractivity contribution in [2.24, 2.45) is 0 Å². The van der Waals surface area contributed by atoms with Gasteiger partial charge in [0.05, 0.1) is 17.3 Å². The van der Waals surface area contributed by atoms with Crippen molar-refractivity contribution in [2.75, 3.05) is 0 Å². The highest BCUT2D eigenvalue weighted by atomic mass is 16.8. The third-order valence-electron chi connectivity index (χ3n) is 4.94. The molecule has 24 heavy (non-hydrogen) atoms. The molecule has 1 heterocycles. The zero-order valence-electron chi connectivity index (χ0n) is 14.9. The van der Waals surface area contributed by atoms with Crippen molar-refractivity contribution < 1.29 is 14.0 Å². The van der Waals surface area contributed by atoms with Crippen LogP contribution in [-0.2, 0) is 20.4 Å². The Morgan fingerprint density at radius 3 is 1.88 bits per heavy atom. The van der Waals surface area contributed by atoms with E-state index in [1.165, 1.54) is 5.56 Å². The molecule has 0 aromatic heterocycles. The van der Waals surface area contributed by atoms with Crippen LogP contribution in [0.2, 0.25) is 0 Å². The van der Waals surface area contributed by atoms with Gasteiger partial charge in [-0.25, -0.2) is 0 Å². The highest BCUT2D eigenvalue weighted by Crippen LogP contribution is 2.38. The Labute approximate surface area is 145 Å². The van der Waals surface area contributed by atoms with Gasteiger partial charge >= 0.3 is 7.32 Å². The van der Waals surface area contributed by atoms with Crippen molar-refractivity contribution in [1.29, 1.82) is 0 Å². The molecule has 0 radical (unpaired) electrons. The smallest absolute Gasteiger partial charge is 0.379 e. The van der Waals surface area contributed by atoms with Crippen molar-refractivity contribution in [1.82, 2.24) is 0 Å². The summed E-state index contributed by atoms with van der Waals surface area (Å²) < 4.78 is 18.2. The van der Waals surface area contributed by atoms with Gasteiger partial charge in [-0.05, 0) is 38.8 Å². The summed E-state index contributed by atoms with van der Waals surface area (Å²) in [5.74, 6) is 0.